The van der Waals surface area contributed by atoms with Gasteiger partial charge in [0.05, 0.1) is 0 Å². The van der Waals surface area contributed by atoms with E-state index in [-0.39, 0.29) is 0 Å². The van der Waals surface area contributed by atoms with Crippen molar-refractivity contribution in [3.63, 3.8) is 0 Å². The van der Waals surface area contributed by atoms with Crippen molar-refractivity contribution in [1.29, 1.82) is 0 Å². The highest BCUT2D eigenvalue weighted by atomic mass is 32.1. The maximum absolute atomic E-state index is 4.53. The molecule has 2 nitrogen and oxygen atoms in total. The third kappa shape index (κ3) is 3.53. The van der Waals surface area contributed by atoms with Gasteiger partial charge in [-0.2, -0.15) is 0 Å². The molecule has 21 heavy (non-hydrogen) atoms. The molecule has 0 bridgehead atoms. The molecule has 0 fully saturated rings. The lowest BCUT2D eigenvalue weighted by molar-refractivity contribution is 0.389. The lowest BCUT2D eigenvalue weighted by Crippen LogP contribution is -2.38. The van der Waals surface area contributed by atoms with Gasteiger partial charge in [0.25, 0.3) is 0 Å². The highest BCUT2D eigenvalue weighted by Gasteiger charge is 2.28. The molecule has 2 heterocycles. The van der Waals surface area contributed by atoms with Gasteiger partial charge in [-0.25, -0.2) is 0 Å². The zero-order valence-corrected chi connectivity index (χ0v) is 13.5. The lowest BCUT2D eigenvalue weighted by Gasteiger charge is -2.31. The van der Waals surface area contributed by atoms with E-state index in [9.17, 15) is 0 Å². The van der Waals surface area contributed by atoms with Gasteiger partial charge in [0.1, 0.15) is 0 Å². The first kappa shape index (κ1) is 14.7. The van der Waals surface area contributed by atoms with Crippen molar-refractivity contribution >= 4 is 11.3 Å². The van der Waals surface area contributed by atoms with Crippen molar-refractivity contribution in [3.8, 4) is 0 Å². The number of nitrogens with one attached hydrogen (secondary N) is 1. The molecule has 3 rings (SSSR count). The Hall–Kier alpha value is -1.19. The predicted octanol–water partition coefficient (Wildman–Crippen LogP) is 4.17. The summed E-state index contributed by atoms with van der Waals surface area (Å²) in [5.74, 6) is 0.647. The van der Waals surface area contributed by atoms with E-state index in [0.717, 1.165) is 13.0 Å². The molecule has 2 aromatic heterocycles. The van der Waals surface area contributed by atoms with Crippen LogP contribution in [0.25, 0.3) is 0 Å². The molecule has 1 aliphatic rings. The third-order valence-corrected chi connectivity index (χ3v) is 5.39. The summed E-state index contributed by atoms with van der Waals surface area (Å²) < 4.78 is 0. The summed E-state index contributed by atoms with van der Waals surface area (Å²) in [4.78, 5) is 6.13. The van der Waals surface area contributed by atoms with Crippen molar-refractivity contribution < 1.29 is 0 Å². The molecule has 0 saturated carbocycles. The third-order valence-electron chi connectivity index (χ3n) is 4.40. The quantitative estimate of drug-likeness (QED) is 0.866. The van der Waals surface area contributed by atoms with Gasteiger partial charge in [-0.15, -0.1) is 11.3 Å². The molecule has 1 aliphatic carbocycles. The van der Waals surface area contributed by atoms with Crippen molar-refractivity contribution in [1.82, 2.24) is 10.3 Å². The van der Waals surface area contributed by atoms with E-state index in [1.165, 1.54) is 31.4 Å². The minimum absolute atomic E-state index is 0.508. The summed E-state index contributed by atoms with van der Waals surface area (Å²) in [7, 11) is 0. The summed E-state index contributed by atoms with van der Waals surface area (Å²) >= 11 is 1.93. The van der Waals surface area contributed by atoms with Gasteiger partial charge in [-0.05, 0) is 61.4 Å². The van der Waals surface area contributed by atoms with Crippen LogP contribution in [0.1, 0.15) is 48.2 Å². The van der Waals surface area contributed by atoms with Crippen LogP contribution in [0, 0.1) is 0 Å². The number of nitrogens with zero attached hydrogens (tertiary/aromatic N) is 1. The van der Waals surface area contributed by atoms with Crippen molar-refractivity contribution in [2.24, 2.45) is 0 Å². The van der Waals surface area contributed by atoms with Gasteiger partial charge in [0.2, 0.25) is 0 Å². The molecule has 0 spiro atoms. The molecular weight excluding hydrogens is 276 g/mol. The largest absolute Gasteiger partial charge is 0.313 e. The van der Waals surface area contributed by atoms with Crippen LogP contribution >= 0.6 is 11.3 Å². The van der Waals surface area contributed by atoms with Gasteiger partial charge < -0.3 is 5.32 Å². The zero-order valence-electron chi connectivity index (χ0n) is 12.7. The summed E-state index contributed by atoms with van der Waals surface area (Å²) in [6.45, 7) is 3.33. The van der Waals surface area contributed by atoms with E-state index in [1.807, 2.05) is 23.6 Å². The van der Waals surface area contributed by atoms with Crippen molar-refractivity contribution in [2.75, 3.05) is 6.54 Å². The number of aryl methyl sites for hydroxylation is 1. The van der Waals surface area contributed by atoms with Crippen LogP contribution in [0.2, 0.25) is 0 Å². The first-order chi connectivity index (χ1) is 10.4. The molecule has 2 aromatic rings. The molecule has 0 aromatic carbocycles. The number of hydrogen-bond donors (Lipinski definition) is 1. The normalized spacial score (nSPS) is 19.2. The Labute approximate surface area is 131 Å². The molecule has 0 aliphatic heterocycles. The zero-order chi connectivity index (χ0) is 14.5. The van der Waals surface area contributed by atoms with Crippen LogP contribution in [0.3, 0.4) is 0 Å². The van der Waals surface area contributed by atoms with Gasteiger partial charge >= 0.3 is 0 Å². The topological polar surface area (TPSA) is 24.9 Å². The fourth-order valence-electron chi connectivity index (χ4n) is 3.37. The summed E-state index contributed by atoms with van der Waals surface area (Å²) in [6.07, 6.45) is 8.02. The lowest BCUT2D eigenvalue weighted by atomic mass is 9.81. The number of aromatic nitrogens is 1. The van der Waals surface area contributed by atoms with E-state index < -0.39 is 0 Å². The minimum Gasteiger partial charge on any atom is -0.313 e. The van der Waals surface area contributed by atoms with Gasteiger partial charge in [0, 0.05) is 35.1 Å². The number of fused-ring (bicyclic) bond motifs is 1. The van der Waals surface area contributed by atoms with Gasteiger partial charge in [0.15, 0.2) is 0 Å². The Kier molecular flexibility index (Phi) is 5.04. The molecule has 2 unspecified atom stereocenters. The highest BCUT2D eigenvalue weighted by molar-refractivity contribution is 7.10. The fraction of sp³-hybridized carbons (Fsp3) is 0.500. The van der Waals surface area contributed by atoms with Crippen LogP contribution in [-0.2, 0) is 12.8 Å². The monoisotopic (exact) mass is 300 g/mol. The first-order valence-corrected chi connectivity index (χ1v) is 8.96. The van der Waals surface area contributed by atoms with Crippen LogP contribution in [-0.4, -0.2) is 17.6 Å². The Balaban J connectivity index is 1.80. The highest BCUT2D eigenvalue weighted by Crippen LogP contribution is 2.37. The van der Waals surface area contributed by atoms with E-state index in [0.29, 0.717) is 12.0 Å². The van der Waals surface area contributed by atoms with Gasteiger partial charge in [-0.1, -0.05) is 13.0 Å². The fourth-order valence-corrected chi connectivity index (χ4v) is 4.37. The second-order valence-corrected chi connectivity index (χ2v) is 6.88. The number of pyridine rings is 1. The van der Waals surface area contributed by atoms with Crippen LogP contribution in [0.5, 0.6) is 0 Å². The van der Waals surface area contributed by atoms with Crippen LogP contribution in [0.15, 0.2) is 35.8 Å². The maximum atomic E-state index is 4.53. The number of hydrogen-bond acceptors (Lipinski definition) is 3. The first-order valence-electron chi connectivity index (χ1n) is 8.08. The molecular formula is C18H24N2S. The molecule has 3 heteroatoms. The molecule has 1 N–H and O–H groups in total. The van der Waals surface area contributed by atoms with E-state index in [1.54, 1.807) is 10.4 Å². The number of thiophene rings is 1. The Morgan fingerprint density at radius 3 is 3.14 bits per heavy atom. The van der Waals surface area contributed by atoms with Crippen LogP contribution < -0.4 is 5.32 Å². The maximum Gasteiger partial charge on any atom is 0.0419 e. The molecule has 0 saturated heterocycles. The van der Waals surface area contributed by atoms with Crippen LogP contribution in [0.4, 0.5) is 0 Å². The van der Waals surface area contributed by atoms with E-state index >= 15 is 0 Å². The summed E-state index contributed by atoms with van der Waals surface area (Å²) in [6, 6.07) is 9.10. The average molecular weight is 300 g/mol. The Bertz CT molecular complexity index is 549. The molecule has 0 amide bonds. The van der Waals surface area contributed by atoms with E-state index in [4.69, 9.17) is 0 Å². The summed E-state index contributed by atoms with van der Waals surface area (Å²) in [5.41, 5.74) is 2.80. The summed E-state index contributed by atoms with van der Waals surface area (Å²) in [5, 5.41) is 6.05. The Morgan fingerprint density at radius 1 is 1.38 bits per heavy atom. The minimum atomic E-state index is 0.508. The Morgan fingerprint density at radius 2 is 2.33 bits per heavy atom. The average Bonchev–Trinajstić information content (AvgIpc) is 3.01. The van der Waals surface area contributed by atoms with Crippen molar-refractivity contribution in [3.05, 3.63) is 52.0 Å². The predicted molar refractivity (Wildman–Crippen MR) is 90.0 cm³/mol. The second kappa shape index (κ2) is 7.19. The standard InChI is InChI=1S/C18H24N2S/c1-2-10-20-17(13-14-6-3-4-11-19-14)15-7-5-8-18-16(15)9-12-21-18/h3-4,6,9,11-12,15,17,20H,2,5,7-8,10,13H2,1H3. The molecule has 112 valence electrons. The second-order valence-electron chi connectivity index (χ2n) is 5.88. The molecule has 0 radical (unpaired) electrons. The SMILES string of the molecule is CCCNC(Cc1ccccn1)C1CCCc2sccc21. The molecule has 2 atom stereocenters. The van der Waals surface area contributed by atoms with E-state index in [2.05, 4.69) is 40.8 Å². The number of rotatable bonds is 6. The van der Waals surface area contributed by atoms with Crippen molar-refractivity contribution in [2.45, 2.75) is 51.0 Å². The smallest absolute Gasteiger partial charge is 0.0419 e. The van der Waals surface area contributed by atoms with Gasteiger partial charge in [-0.3, -0.25) is 4.98 Å².